The fraction of sp³-hybridized carbons (Fsp3) is 0.971. The van der Waals surface area contributed by atoms with Crippen LogP contribution in [0.1, 0.15) is 182 Å². The Morgan fingerprint density at radius 1 is 0.378 bits per heavy atom. The molecule has 0 radical (unpaired) electrons. The van der Waals surface area contributed by atoms with Crippen molar-refractivity contribution < 1.29 is 44.4 Å². The molecule has 45 heavy (non-hydrogen) atoms. The Morgan fingerprint density at radius 3 is 0.689 bits per heavy atom. The van der Waals surface area contributed by atoms with Gasteiger partial charge in [-0.1, -0.05) is 0 Å². The number of carbonyl (C=O) groups is 1. The number of carboxylic acid groups (broad SMARTS) is 1. The Kier molecular flexibility index (Phi) is 33.1. The Hall–Kier alpha value is 0.0500. The van der Waals surface area contributed by atoms with Crippen molar-refractivity contribution in [1.82, 2.24) is 0 Å². The van der Waals surface area contributed by atoms with Crippen molar-refractivity contribution in [2.24, 2.45) is 0 Å². The van der Waals surface area contributed by atoms with Crippen LogP contribution in [0, 0.1) is 0 Å². The van der Waals surface area contributed by atoms with Crippen molar-refractivity contribution in [3.63, 3.8) is 0 Å². The van der Waals surface area contributed by atoms with Crippen molar-refractivity contribution in [2.45, 2.75) is 182 Å². The number of unbranched alkanes of at least 4 members (excludes halogenated alkanes) is 20. The average molecular weight is 693 g/mol. The summed E-state index contributed by atoms with van der Waals surface area (Å²) in [6.45, 7) is 7.95. The summed E-state index contributed by atoms with van der Waals surface area (Å²) in [5.74, 6) is -1.19. The van der Waals surface area contributed by atoms with Gasteiger partial charge in [0.15, 0.2) is 0 Å². The van der Waals surface area contributed by atoms with E-state index in [9.17, 15) is 29.4 Å². The molecule has 0 bridgehead atoms. The Labute approximate surface area is 277 Å². The van der Waals surface area contributed by atoms with Crippen molar-refractivity contribution in [3.05, 3.63) is 0 Å². The summed E-state index contributed by atoms with van der Waals surface area (Å²) in [6, 6.07) is 0. The summed E-state index contributed by atoms with van der Waals surface area (Å²) < 4.78 is 0. The molecule has 0 aliphatic rings. The predicted molar refractivity (Wildman–Crippen MR) is 195 cm³/mol. The Bertz CT molecular complexity index is 559. The number of hydrogen-bond donors (Lipinski definition) is 8. The van der Waals surface area contributed by atoms with E-state index < -0.39 is 27.1 Å². The van der Waals surface area contributed by atoms with Crippen molar-refractivity contribution in [1.29, 1.82) is 0 Å². The monoisotopic (exact) mass is 693 g/mol. The minimum atomic E-state index is -4.31. The second-order valence-corrected chi connectivity index (χ2v) is 20.3. The van der Waals surface area contributed by atoms with Gasteiger partial charge in [-0.3, -0.25) is 0 Å². The Morgan fingerprint density at radius 2 is 0.533 bits per heavy atom. The maximum Gasteiger partial charge on any atom is 0.329 e. The minimum absolute atomic E-state index is 0.201. The van der Waals surface area contributed by atoms with Gasteiger partial charge in [0, 0.05) is 0 Å². The first-order valence-corrected chi connectivity index (χ1v) is 23.3. The standard InChI is InChI=1S/2C16H37O3P.C2H4O3/c2*1-3-5-7-9-11-13-15-20(17,18,19)16-14-12-10-8-6-4-2;3-1-2(4)5/h2*17-19H,3-16H2,1-2H3;3H,1H2,(H,4,5). The quantitative estimate of drug-likeness (QED) is 0.0280. The molecule has 0 heterocycles. The molecule has 0 rings (SSSR count). The number of carboxylic acids is 1. The predicted octanol–water partition coefficient (Wildman–Crippen LogP) is 9.03. The summed E-state index contributed by atoms with van der Waals surface area (Å²) in [5.41, 5.74) is 0. The van der Waals surface area contributed by atoms with Gasteiger partial charge in [-0.25, -0.2) is 4.79 Å². The molecule has 9 nitrogen and oxygen atoms in total. The summed E-state index contributed by atoms with van der Waals surface area (Å²) in [5, 5.41) is 15.0. The van der Waals surface area contributed by atoms with Gasteiger partial charge in [-0.05, 0) is 0 Å². The van der Waals surface area contributed by atoms with E-state index in [-0.39, 0.29) is 24.6 Å². The molecule has 0 fully saturated rings. The molecule has 0 saturated carbocycles. The summed E-state index contributed by atoms with van der Waals surface area (Å²) in [4.78, 5) is 69.3. The third kappa shape index (κ3) is 44.0. The molecule has 0 unspecified atom stereocenters. The van der Waals surface area contributed by atoms with Crippen LogP contribution in [0.5, 0.6) is 0 Å². The van der Waals surface area contributed by atoms with Crippen LogP contribution in [-0.2, 0) is 4.79 Å². The van der Waals surface area contributed by atoms with E-state index >= 15 is 0 Å². The molecule has 0 aromatic heterocycles. The van der Waals surface area contributed by atoms with Crippen LogP contribution >= 0.6 is 14.6 Å². The molecule has 0 atom stereocenters. The zero-order chi connectivity index (χ0) is 35.0. The van der Waals surface area contributed by atoms with E-state index in [1.54, 1.807) is 0 Å². The van der Waals surface area contributed by atoms with Gasteiger partial charge in [-0.15, -0.1) is 0 Å². The molecule has 8 N–H and O–H groups in total. The molecule has 0 saturated heterocycles. The van der Waals surface area contributed by atoms with Crippen LogP contribution in [0.15, 0.2) is 0 Å². The largest absolute Gasteiger partial charge is 0.480 e. The SMILES string of the molecule is CCCCCCCCP(O)(O)(O)CCCCCCCC.CCCCCCCCP(O)(O)(O)CCCCCCCC.O=C(O)CO. The smallest absolute Gasteiger partial charge is 0.329 e. The molecule has 0 aromatic rings. The van der Waals surface area contributed by atoms with Crippen molar-refractivity contribution in [3.8, 4) is 0 Å². The molecular formula is C34H78O9P2. The van der Waals surface area contributed by atoms with E-state index in [0.717, 1.165) is 77.0 Å². The van der Waals surface area contributed by atoms with Gasteiger partial charge < -0.3 is 10.2 Å². The second-order valence-electron chi connectivity index (χ2n) is 13.2. The van der Waals surface area contributed by atoms with Crippen molar-refractivity contribution >= 4 is 20.5 Å². The minimum Gasteiger partial charge on any atom is -0.480 e. The van der Waals surface area contributed by atoms with Crippen LogP contribution in [0.3, 0.4) is 0 Å². The zero-order valence-corrected chi connectivity index (χ0v) is 31.7. The average Bonchev–Trinajstić information content (AvgIpc) is 2.96. The number of rotatable bonds is 29. The first kappa shape index (κ1) is 49.4. The van der Waals surface area contributed by atoms with Crippen LogP contribution in [0.2, 0.25) is 0 Å². The second kappa shape index (κ2) is 30.1. The van der Waals surface area contributed by atoms with E-state index in [0.29, 0.717) is 0 Å². The fourth-order valence-electron chi connectivity index (χ4n) is 5.09. The van der Waals surface area contributed by atoms with Gasteiger partial charge >= 0.3 is 256 Å². The molecule has 0 aromatic carbocycles. The van der Waals surface area contributed by atoms with E-state index in [2.05, 4.69) is 27.7 Å². The first-order chi connectivity index (χ1) is 21.0. The van der Waals surface area contributed by atoms with E-state index in [4.69, 9.17) is 15.0 Å². The fourth-order valence-corrected chi connectivity index (χ4v) is 9.02. The maximum absolute atomic E-state index is 10.0. The molecule has 0 aliphatic heterocycles. The number of hydrogen-bond acceptors (Lipinski definition) is 8. The molecule has 278 valence electrons. The Balaban J connectivity index is -0.000000680. The number of aliphatic carboxylic acids is 1. The summed E-state index contributed by atoms with van der Waals surface area (Å²) in [6.07, 6.45) is 27.0. The maximum atomic E-state index is 10.0. The molecular weight excluding hydrogens is 614 g/mol. The summed E-state index contributed by atoms with van der Waals surface area (Å²) in [7, 11) is -8.62. The van der Waals surface area contributed by atoms with Crippen molar-refractivity contribution in [2.75, 3.05) is 31.3 Å². The molecule has 0 spiro atoms. The van der Waals surface area contributed by atoms with Crippen LogP contribution in [0.4, 0.5) is 0 Å². The van der Waals surface area contributed by atoms with Gasteiger partial charge in [0.1, 0.15) is 6.61 Å². The van der Waals surface area contributed by atoms with Gasteiger partial charge in [0.2, 0.25) is 0 Å². The topological polar surface area (TPSA) is 179 Å². The van der Waals surface area contributed by atoms with Gasteiger partial charge in [0.25, 0.3) is 0 Å². The summed E-state index contributed by atoms with van der Waals surface area (Å²) >= 11 is 0. The van der Waals surface area contributed by atoms with Crippen LogP contribution in [-0.4, -0.2) is 76.8 Å². The third-order valence-electron chi connectivity index (χ3n) is 8.01. The third-order valence-corrected chi connectivity index (χ3v) is 12.9. The van der Waals surface area contributed by atoms with E-state index in [1.807, 2.05) is 0 Å². The normalized spacial score (nSPS) is 13.4. The number of aliphatic hydroxyl groups excluding tert-OH is 1. The molecule has 11 heteroatoms. The van der Waals surface area contributed by atoms with Gasteiger partial charge in [-0.2, -0.15) is 0 Å². The molecule has 0 amide bonds. The van der Waals surface area contributed by atoms with Gasteiger partial charge in [0.05, 0.1) is 0 Å². The van der Waals surface area contributed by atoms with Crippen LogP contribution < -0.4 is 0 Å². The first-order valence-electron chi connectivity index (χ1n) is 18.4. The van der Waals surface area contributed by atoms with E-state index in [1.165, 1.54) is 77.0 Å². The molecule has 0 aliphatic carbocycles. The zero-order valence-electron chi connectivity index (χ0n) is 29.9. The van der Waals surface area contributed by atoms with Crippen LogP contribution in [0.25, 0.3) is 0 Å². The number of aliphatic hydroxyl groups is 1.